The topological polar surface area (TPSA) is 22.3 Å². The van der Waals surface area contributed by atoms with Gasteiger partial charge in [-0.1, -0.05) is 35.8 Å². The van der Waals surface area contributed by atoms with Gasteiger partial charge in [0.05, 0.1) is 0 Å². The van der Waals surface area contributed by atoms with E-state index in [4.69, 9.17) is 9.31 Å². The second-order valence-corrected chi connectivity index (χ2v) is 7.01. The first-order valence-corrected chi connectivity index (χ1v) is 7.52. The van der Waals surface area contributed by atoms with Crippen molar-refractivity contribution >= 4 is 12.1 Å². The van der Waals surface area contributed by atoms with Gasteiger partial charge in [0.25, 0.3) is 0 Å². The minimum absolute atomic E-state index is 0.357. The number of aromatic nitrogens is 1. The lowest BCUT2D eigenvalue weighted by atomic mass is 9.64. The van der Waals surface area contributed by atoms with E-state index in [-0.39, 0.29) is 11.2 Å². The van der Waals surface area contributed by atoms with Crippen LogP contribution in [0.3, 0.4) is 0 Å². The monoisotopic (exact) mass is 281 g/mol. The zero-order chi connectivity index (χ0) is 14.9. The van der Waals surface area contributed by atoms with Crippen molar-refractivity contribution in [2.45, 2.75) is 38.9 Å². The van der Waals surface area contributed by atoms with Gasteiger partial charge in [0.2, 0.25) is 0 Å². The molecule has 0 bridgehead atoms. The van der Waals surface area contributed by atoms with Crippen molar-refractivity contribution in [1.29, 1.82) is 0 Å². The van der Waals surface area contributed by atoms with Crippen LogP contribution in [0, 0.1) is 0 Å². The Balaban J connectivity index is 2.03. The third kappa shape index (κ3) is 1.49. The summed E-state index contributed by atoms with van der Waals surface area (Å²) in [5.74, 6) is 0. The molecule has 21 heavy (non-hydrogen) atoms. The van der Waals surface area contributed by atoms with Gasteiger partial charge in [-0.25, -0.2) is 0 Å². The average molecular weight is 281 g/mol. The number of nitrogens with zero attached hydrogens (tertiary/aromatic N) is 1. The molecular formula is C17H20BNO2. The molecule has 1 aromatic carbocycles. The van der Waals surface area contributed by atoms with Crippen LogP contribution in [0.2, 0.25) is 0 Å². The maximum Gasteiger partial charge on any atom is 0.577 e. The predicted octanol–water partition coefficient (Wildman–Crippen LogP) is 2.25. The van der Waals surface area contributed by atoms with Gasteiger partial charge in [-0.05, 0) is 33.8 Å². The number of fused-ring (bicyclic) bond motifs is 5. The molecule has 108 valence electrons. The minimum Gasteiger partial charge on any atom is -0.495 e. The van der Waals surface area contributed by atoms with Gasteiger partial charge in [0.15, 0.2) is 5.69 Å². The predicted molar refractivity (Wildman–Crippen MR) is 83.2 cm³/mol. The van der Waals surface area contributed by atoms with Crippen LogP contribution in [-0.2, 0) is 9.31 Å². The van der Waals surface area contributed by atoms with E-state index in [2.05, 4.69) is 74.8 Å². The number of hydrogen-bond acceptors (Lipinski definition) is 2. The molecule has 4 rings (SSSR count). The first kappa shape index (κ1) is 13.0. The molecule has 0 N–H and O–H groups in total. The van der Waals surface area contributed by atoms with Crippen LogP contribution in [0.15, 0.2) is 48.7 Å². The molecule has 4 heteroatoms. The summed E-state index contributed by atoms with van der Waals surface area (Å²) in [5.41, 5.74) is 2.78. The van der Waals surface area contributed by atoms with Gasteiger partial charge in [-0.3, -0.25) is 0 Å². The minimum atomic E-state index is -1.67. The summed E-state index contributed by atoms with van der Waals surface area (Å²) in [6.45, 7) is 6.75. The fourth-order valence-corrected chi connectivity index (χ4v) is 3.53. The van der Waals surface area contributed by atoms with E-state index in [1.807, 2.05) is 6.07 Å². The van der Waals surface area contributed by atoms with Crippen molar-refractivity contribution in [3.63, 3.8) is 0 Å². The summed E-state index contributed by atoms with van der Waals surface area (Å²) in [6, 6.07) is 14.6. The Labute approximate surface area is 125 Å². The molecule has 2 aliphatic rings. The quantitative estimate of drug-likeness (QED) is 0.691. The van der Waals surface area contributed by atoms with E-state index >= 15 is 0 Å². The molecule has 1 saturated heterocycles. The molecular weight excluding hydrogens is 261 g/mol. The average Bonchev–Trinajstić information content (AvgIpc) is 2.81. The third-order valence-corrected chi connectivity index (χ3v) is 5.24. The van der Waals surface area contributed by atoms with Crippen LogP contribution in [0.5, 0.6) is 0 Å². The van der Waals surface area contributed by atoms with Crippen LogP contribution < -0.4 is 9.94 Å². The Morgan fingerprint density at radius 2 is 1.48 bits per heavy atom. The molecule has 1 fully saturated rings. The van der Waals surface area contributed by atoms with Crippen LogP contribution >= 0.6 is 0 Å². The lowest BCUT2D eigenvalue weighted by Gasteiger charge is -2.35. The molecule has 0 aliphatic carbocycles. The molecule has 0 saturated carbocycles. The normalized spacial score (nSPS) is 23.0. The van der Waals surface area contributed by atoms with Crippen molar-refractivity contribution in [2.75, 3.05) is 0 Å². The molecule has 0 radical (unpaired) electrons. The maximum atomic E-state index is 6.57. The van der Waals surface area contributed by atoms with E-state index in [1.165, 1.54) is 5.56 Å². The Morgan fingerprint density at radius 1 is 0.857 bits per heavy atom. The Kier molecular flexibility index (Phi) is 2.34. The van der Waals surface area contributed by atoms with Crippen molar-refractivity contribution in [3.8, 4) is 11.3 Å². The molecule has 2 aromatic rings. The van der Waals surface area contributed by atoms with Crippen molar-refractivity contribution in [1.82, 2.24) is 0 Å². The van der Waals surface area contributed by atoms with Gasteiger partial charge in [0.1, 0.15) is 6.20 Å². The van der Waals surface area contributed by atoms with E-state index in [0.717, 1.165) is 11.2 Å². The van der Waals surface area contributed by atoms with E-state index in [0.29, 0.717) is 0 Å². The highest BCUT2D eigenvalue weighted by atomic mass is 16.7. The Hall–Kier alpha value is -1.65. The molecule has 1 spiro atoms. The standard InChI is InChI=1S/C17H20BNO2/c1-16(2)17(3,4)21-18(20-16)14-10-6-5-9-13(14)15-11-7-8-12-19(15)18/h5-12H,1-4H3. The van der Waals surface area contributed by atoms with Gasteiger partial charge in [-0.15, -0.1) is 0 Å². The Morgan fingerprint density at radius 3 is 2.19 bits per heavy atom. The van der Waals surface area contributed by atoms with Crippen molar-refractivity contribution < 1.29 is 13.8 Å². The van der Waals surface area contributed by atoms with E-state index < -0.39 is 6.69 Å². The summed E-state index contributed by atoms with van der Waals surface area (Å²) < 4.78 is 15.3. The number of hydrogen-bond donors (Lipinski definition) is 0. The molecule has 0 unspecified atom stereocenters. The third-order valence-electron chi connectivity index (χ3n) is 5.24. The molecule has 1 aromatic heterocycles. The highest BCUT2D eigenvalue weighted by Crippen LogP contribution is 2.42. The smallest absolute Gasteiger partial charge is 0.495 e. The number of benzene rings is 1. The van der Waals surface area contributed by atoms with Gasteiger partial charge >= 0.3 is 6.69 Å². The van der Waals surface area contributed by atoms with Gasteiger partial charge in [-0.2, -0.15) is 0 Å². The van der Waals surface area contributed by atoms with Gasteiger partial charge in [0, 0.05) is 22.8 Å². The largest absolute Gasteiger partial charge is 0.577 e. The number of rotatable bonds is 0. The molecule has 0 atom stereocenters. The molecule has 3 nitrogen and oxygen atoms in total. The van der Waals surface area contributed by atoms with E-state index in [1.54, 1.807) is 0 Å². The summed E-state index contributed by atoms with van der Waals surface area (Å²) >= 11 is 0. The second-order valence-electron chi connectivity index (χ2n) is 7.01. The lowest BCUT2D eigenvalue weighted by Crippen LogP contribution is -2.71. The molecule has 0 amide bonds. The lowest BCUT2D eigenvalue weighted by molar-refractivity contribution is -0.557. The molecule has 3 heterocycles. The zero-order valence-corrected chi connectivity index (χ0v) is 13.0. The van der Waals surface area contributed by atoms with E-state index in [9.17, 15) is 0 Å². The zero-order valence-electron chi connectivity index (χ0n) is 13.0. The summed E-state index contributed by atoms with van der Waals surface area (Å²) in [7, 11) is 0. The fraction of sp³-hybridized carbons (Fsp3) is 0.353. The number of pyridine rings is 1. The summed E-state index contributed by atoms with van der Waals surface area (Å²) in [5, 5.41) is 0. The van der Waals surface area contributed by atoms with Crippen LogP contribution in [0.4, 0.5) is 0 Å². The van der Waals surface area contributed by atoms with Crippen LogP contribution in [-0.4, -0.2) is 17.9 Å². The highest BCUT2D eigenvalue weighted by molar-refractivity contribution is 6.76. The highest BCUT2D eigenvalue weighted by Gasteiger charge is 2.64. The SMILES string of the molecule is CC1(C)O[B-]2(OC1(C)C)c1ccccc1-c1cccc[n+]12. The van der Waals surface area contributed by atoms with Crippen LogP contribution in [0.25, 0.3) is 11.3 Å². The summed E-state index contributed by atoms with van der Waals surface area (Å²) in [4.78, 5) is 0. The maximum absolute atomic E-state index is 6.57. The van der Waals surface area contributed by atoms with Crippen molar-refractivity contribution in [3.05, 3.63) is 48.7 Å². The second kappa shape index (κ2) is 3.76. The fourth-order valence-electron chi connectivity index (χ4n) is 3.53. The first-order valence-electron chi connectivity index (χ1n) is 7.52. The summed E-state index contributed by atoms with van der Waals surface area (Å²) in [6.07, 6.45) is 2.06. The Bertz CT molecular complexity index is 676. The van der Waals surface area contributed by atoms with Crippen LogP contribution in [0.1, 0.15) is 27.7 Å². The first-order chi connectivity index (χ1) is 9.87. The van der Waals surface area contributed by atoms with Crippen molar-refractivity contribution in [2.24, 2.45) is 0 Å². The molecule has 2 aliphatic heterocycles. The van der Waals surface area contributed by atoms with Gasteiger partial charge < -0.3 is 13.8 Å².